The number of aromatic nitrogens is 1. The first-order valence-corrected chi connectivity index (χ1v) is 10.4. The molecule has 6 heteroatoms. The van der Waals surface area contributed by atoms with E-state index in [9.17, 15) is 14.9 Å². The van der Waals surface area contributed by atoms with Crippen LogP contribution in [-0.2, 0) is 20.9 Å². The molecule has 1 aliphatic heterocycles. The van der Waals surface area contributed by atoms with Crippen molar-refractivity contribution in [3.05, 3.63) is 28.6 Å². The van der Waals surface area contributed by atoms with E-state index in [4.69, 9.17) is 4.74 Å². The lowest BCUT2D eigenvalue weighted by Gasteiger charge is -2.38. The Hall–Kier alpha value is -2.55. The summed E-state index contributed by atoms with van der Waals surface area (Å²) in [7, 11) is 0. The summed E-state index contributed by atoms with van der Waals surface area (Å²) in [6.45, 7) is 12.9. The summed E-state index contributed by atoms with van der Waals surface area (Å²) in [6.07, 6.45) is 4.57. The van der Waals surface area contributed by atoms with Gasteiger partial charge in [-0.1, -0.05) is 13.8 Å². The number of carbonyl (C=O) groups is 2. The van der Waals surface area contributed by atoms with E-state index >= 15 is 0 Å². The second-order valence-corrected chi connectivity index (χ2v) is 8.51. The van der Waals surface area contributed by atoms with Gasteiger partial charge in [-0.25, -0.2) is 4.79 Å². The third-order valence-corrected chi connectivity index (χ3v) is 5.61. The number of ether oxygens (including phenoxy) is 1. The van der Waals surface area contributed by atoms with Gasteiger partial charge in [0.05, 0.1) is 0 Å². The summed E-state index contributed by atoms with van der Waals surface area (Å²) in [4.78, 5) is 26.8. The van der Waals surface area contributed by atoms with Crippen LogP contribution in [-0.4, -0.2) is 40.0 Å². The average molecular weight is 400 g/mol. The van der Waals surface area contributed by atoms with E-state index in [0.717, 1.165) is 42.8 Å². The monoisotopic (exact) mass is 399 g/mol. The molecule has 0 radical (unpaired) electrons. The van der Waals surface area contributed by atoms with Crippen LogP contribution in [0.15, 0.2) is 11.6 Å². The Kier molecular flexibility index (Phi) is 7.66. The molecule has 1 aromatic heterocycles. The zero-order valence-corrected chi connectivity index (χ0v) is 18.5. The van der Waals surface area contributed by atoms with Crippen molar-refractivity contribution in [3.63, 3.8) is 0 Å². The topological polar surface area (TPSA) is 75.3 Å². The maximum Gasteiger partial charge on any atom is 0.349 e. The molecule has 0 N–H and O–H groups in total. The van der Waals surface area contributed by atoms with Crippen molar-refractivity contribution < 1.29 is 14.3 Å². The third-order valence-electron chi connectivity index (χ3n) is 5.61. The Morgan fingerprint density at radius 3 is 2.45 bits per heavy atom. The number of hydrogen-bond acceptors (Lipinski definition) is 4. The number of esters is 1. The molecule has 1 aromatic rings. The van der Waals surface area contributed by atoms with E-state index in [-0.39, 0.29) is 30.2 Å². The van der Waals surface area contributed by atoms with Crippen molar-refractivity contribution in [3.8, 4) is 6.07 Å². The molecule has 0 spiro atoms. The number of carbonyl (C=O) groups excluding carboxylic acids is 2. The van der Waals surface area contributed by atoms with E-state index in [1.165, 1.54) is 0 Å². The van der Waals surface area contributed by atoms with Crippen LogP contribution in [0.4, 0.5) is 0 Å². The predicted octanol–water partition coefficient (Wildman–Crippen LogP) is 4.00. The number of piperidine rings is 1. The van der Waals surface area contributed by atoms with Crippen molar-refractivity contribution in [2.75, 3.05) is 6.61 Å². The summed E-state index contributed by atoms with van der Waals surface area (Å²) in [5.74, 6) is -0.472. The summed E-state index contributed by atoms with van der Waals surface area (Å²) in [5, 5.41) is 9.45. The minimum atomic E-state index is -0.758. The lowest BCUT2D eigenvalue weighted by atomic mass is 9.97. The first-order valence-electron chi connectivity index (χ1n) is 10.4. The minimum absolute atomic E-state index is 0.0951. The van der Waals surface area contributed by atoms with Gasteiger partial charge in [0, 0.05) is 30.0 Å². The first kappa shape index (κ1) is 22.7. The number of aryl methyl sites for hydroxylation is 1. The smallest absolute Gasteiger partial charge is 0.349 e. The lowest BCUT2D eigenvalue weighted by molar-refractivity contribution is -0.151. The van der Waals surface area contributed by atoms with Gasteiger partial charge in [-0.3, -0.25) is 4.79 Å². The molecule has 2 heterocycles. The molecule has 1 aliphatic rings. The normalized spacial score (nSPS) is 19.9. The van der Waals surface area contributed by atoms with E-state index < -0.39 is 5.97 Å². The summed E-state index contributed by atoms with van der Waals surface area (Å²) >= 11 is 0. The van der Waals surface area contributed by atoms with Crippen LogP contribution in [0.3, 0.4) is 0 Å². The Balaban J connectivity index is 2.09. The fraction of sp³-hybridized carbons (Fsp3) is 0.609. The Labute approximate surface area is 174 Å². The van der Waals surface area contributed by atoms with Crippen LogP contribution >= 0.6 is 0 Å². The Morgan fingerprint density at radius 1 is 1.28 bits per heavy atom. The van der Waals surface area contributed by atoms with Crippen molar-refractivity contribution >= 4 is 18.0 Å². The standard InChI is InChI=1S/C23H33N3O3/c1-15(2)13-25-18(5)10-20(19(25)6)11-21(12-24)23(28)29-14-22(27)26-16(3)8-7-9-17(26)4/h10-11,15-17H,7-9,13-14H2,1-6H3/b21-11+/t16-,17-/m0/s1. The maximum absolute atomic E-state index is 12.5. The highest BCUT2D eigenvalue weighted by Gasteiger charge is 2.29. The molecule has 1 amide bonds. The number of likely N-dealkylation sites (tertiary alicyclic amines) is 1. The quantitative estimate of drug-likeness (QED) is 0.412. The number of nitriles is 1. The molecule has 0 aromatic carbocycles. The molecular weight excluding hydrogens is 366 g/mol. The van der Waals surface area contributed by atoms with Crippen LogP contribution in [0.1, 0.15) is 63.9 Å². The molecule has 0 aliphatic carbocycles. The lowest BCUT2D eigenvalue weighted by Crippen LogP contribution is -2.49. The number of nitrogens with zero attached hydrogens (tertiary/aromatic N) is 3. The highest BCUT2D eigenvalue weighted by atomic mass is 16.5. The third kappa shape index (κ3) is 5.50. The van der Waals surface area contributed by atoms with Gasteiger partial charge in [0.15, 0.2) is 6.61 Å². The van der Waals surface area contributed by atoms with E-state index in [0.29, 0.717) is 5.92 Å². The first-order chi connectivity index (χ1) is 13.6. The fourth-order valence-corrected chi connectivity index (χ4v) is 4.10. The molecule has 0 unspecified atom stereocenters. The van der Waals surface area contributed by atoms with Crippen molar-refractivity contribution in [2.45, 2.75) is 79.4 Å². The summed E-state index contributed by atoms with van der Waals surface area (Å²) in [5.41, 5.74) is 2.81. The van der Waals surface area contributed by atoms with Crippen molar-refractivity contribution in [1.82, 2.24) is 9.47 Å². The predicted molar refractivity (Wildman–Crippen MR) is 113 cm³/mol. The molecular formula is C23H33N3O3. The molecule has 29 heavy (non-hydrogen) atoms. The maximum atomic E-state index is 12.5. The van der Waals surface area contributed by atoms with E-state index in [1.807, 2.05) is 39.8 Å². The zero-order chi connectivity index (χ0) is 21.7. The minimum Gasteiger partial charge on any atom is -0.451 e. The van der Waals surface area contributed by atoms with Gasteiger partial charge in [-0.2, -0.15) is 5.26 Å². The van der Waals surface area contributed by atoms with E-state index in [1.54, 1.807) is 11.0 Å². The number of hydrogen-bond donors (Lipinski definition) is 0. The highest BCUT2D eigenvalue weighted by Crippen LogP contribution is 2.23. The van der Waals surface area contributed by atoms with Crippen LogP contribution in [0.5, 0.6) is 0 Å². The number of rotatable bonds is 6. The molecule has 2 atom stereocenters. The van der Waals surface area contributed by atoms with Crippen molar-refractivity contribution in [2.24, 2.45) is 5.92 Å². The van der Waals surface area contributed by atoms with Crippen molar-refractivity contribution in [1.29, 1.82) is 5.26 Å². The fourth-order valence-electron chi connectivity index (χ4n) is 4.10. The van der Waals surface area contributed by atoms with Gasteiger partial charge in [0.1, 0.15) is 11.6 Å². The van der Waals surface area contributed by atoms with Crippen LogP contribution < -0.4 is 0 Å². The molecule has 0 saturated carbocycles. The second kappa shape index (κ2) is 9.78. The average Bonchev–Trinajstić information content (AvgIpc) is 2.91. The van der Waals surface area contributed by atoms with Gasteiger partial charge in [-0.05, 0) is 70.6 Å². The van der Waals surface area contributed by atoms with Gasteiger partial charge >= 0.3 is 5.97 Å². The highest BCUT2D eigenvalue weighted by molar-refractivity contribution is 5.99. The molecule has 2 rings (SSSR count). The molecule has 1 saturated heterocycles. The Bertz CT molecular complexity index is 819. The zero-order valence-electron chi connectivity index (χ0n) is 18.5. The van der Waals surface area contributed by atoms with Crippen LogP contribution in [0, 0.1) is 31.1 Å². The summed E-state index contributed by atoms with van der Waals surface area (Å²) < 4.78 is 7.37. The Morgan fingerprint density at radius 2 is 1.90 bits per heavy atom. The van der Waals surface area contributed by atoms with Gasteiger partial charge in [0.2, 0.25) is 0 Å². The van der Waals surface area contributed by atoms with Gasteiger partial charge in [0.25, 0.3) is 5.91 Å². The second-order valence-electron chi connectivity index (χ2n) is 8.51. The number of amides is 1. The van der Waals surface area contributed by atoms with Crippen LogP contribution in [0.2, 0.25) is 0 Å². The SMILES string of the molecule is Cc1cc(/C=C(\C#N)C(=O)OCC(=O)N2[C@@H](C)CCC[C@@H]2C)c(C)n1CC(C)C. The van der Waals surface area contributed by atoms with Crippen LogP contribution in [0.25, 0.3) is 6.08 Å². The van der Waals surface area contributed by atoms with Gasteiger partial charge in [-0.15, -0.1) is 0 Å². The molecule has 6 nitrogen and oxygen atoms in total. The molecule has 158 valence electrons. The summed E-state index contributed by atoms with van der Waals surface area (Å²) in [6, 6.07) is 4.17. The molecule has 1 fully saturated rings. The molecule has 0 bridgehead atoms. The van der Waals surface area contributed by atoms with Gasteiger partial charge < -0.3 is 14.2 Å². The largest absolute Gasteiger partial charge is 0.451 e. The van der Waals surface area contributed by atoms with E-state index in [2.05, 4.69) is 18.4 Å².